The van der Waals surface area contributed by atoms with Crippen molar-refractivity contribution in [2.24, 2.45) is 0 Å². The molecule has 8 heteroatoms. The number of likely N-dealkylation sites (tertiary alicyclic amines) is 1. The summed E-state index contributed by atoms with van der Waals surface area (Å²) in [5, 5.41) is 10.6. The molecule has 6 nitrogen and oxygen atoms in total. The van der Waals surface area contributed by atoms with Crippen LogP contribution in [0.2, 0.25) is 5.02 Å². The average molecular weight is 368 g/mol. The maximum atomic E-state index is 14.6. The molecule has 2 saturated heterocycles. The summed E-state index contributed by atoms with van der Waals surface area (Å²) in [5.41, 5.74) is -0.437. The number of fused-ring (bicyclic) bond motifs is 1. The number of hydrogen-bond donors (Lipinski definition) is 1. The lowest BCUT2D eigenvalue weighted by atomic mass is 9.82. The summed E-state index contributed by atoms with van der Waals surface area (Å²) < 4.78 is 21.6. The lowest BCUT2D eigenvalue weighted by Crippen LogP contribution is -2.56. The van der Waals surface area contributed by atoms with Crippen LogP contribution in [0.15, 0.2) is 18.3 Å². The van der Waals surface area contributed by atoms with Crippen molar-refractivity contribution in [1.29, 1.82) is 0 Å². The van der Waals surface area contributed by atoms with Crippen molar-refractivity contribution in [3.05, 3.63) is 35.0 Å². The van der Waals surface area contributed by atoms with Crippen LogP contribution in [0, 0.1) is 5.95 Å². The van der Waals surface area contributed by atoms with Gasteiger partial charge in [-0.2, -0.15) is 4.39 Å². The molecule has 2 fully saturated rings. The van der Waals surface area contributed by atoms with Crippen molar-refractivity contribution in [3.63, 3.8) is 0 Å². The summed E-state index contributed by atoms with van der Waals surface area (Å²) in [7, 11) is 0. The Hall–Kier alpha value is -1.70. The number of ether oxygens (including phenoxy) is 1. The summed E-state index contributed by atoms with van der Waals surface area (Å²) in [4.78, 5) is 18.4. The average Bonchev–Trinajstić information content (AvgIpc) is 2.94. The van der Waals surface area contributed by atoms with E-state index in [1.165, 1.54) is 10.6 Å². The third-order valence-electron chi connectivity index (χ3n) is 5.24. The van der Waals surface area contributed by atoms with E-state index in [1.54, 1.807) is 17.0 Å². The normalized spacial score (nSPS) is 23.3. The van der Waals surface area contributed by atoms with Gasteiger partial charge in [-0.15, -0.1) is 0 Å². The third-order valence-corrected chi connectivity index (χ3v) is 5.47. The Labute approximate surface area is 149 Å². The van der Waals surface area contributed by atoms with Gasteiger partial charge >= 0.3 is 0 Å². The fraction of sp³-hybridized carbons (Fsp3) is 0.529. The Bertz CT molecular complexity index is 817. The van der Waals surface area contributed by atoms with Gasteiger partial charge in [0.15, 0.2) is 5.69 Å². The Balaban J connectivity index is 1.54. The number of carbonyl (C=O) groups excluding carboxylic acids is 1. The number of aromatic nitrogens is 2. The minimum absolute atomic E-state index is 0.205. The molecule has 0 saturated carbocycles. The Morgan fingerprint density at radius 1 is 1.40 bits per heavy atom. The summed E-state index contributed by atoms with van der Waals surface area (Å²) in [6.07, 6.45) is 3.54. The zero-order valence-corrected chi connectivity index (χ0v) is 14.4. The SMILES string of the molecule is O=C(c1nc2ccc(Cl)cn2c1F)N1CCC2(CC1)OCCC[C@@H]2O. The van der Waals surface area contributed by atoms with Crippen LogP contribution >= 0.6 is 11.6 Å². The van der Waals surface area contributed by atoms with Crippen molar-refractivity contribution < 1.29 is 19.0 Å². The van der Waals surface area contributed by atoms with Gasteiger partial charge in [-0.25, -0.2) is 4.98 Å². The van der Waals surface area contributed by atoms with E-state index in [2.05, 4.69) is 4.98 Å². The van der Waals surface area contributed by atoms with Crippen LogP contribution in [0.5, 0.6) is 0 Å². The van der Waals surface area contributed by atoms with Crippen LogP contribution in [-0.4, -0.2) is 56.7 Å². The minimum atomic E-state index is -0.711. The maximum absolute atomic E-state index is 14.6. The number of imidazole rings is 1. The second kappa shape index (κ2) is 6.23. The molecule has 4 rings (SSSR count). The van der Waals surface area contributed by atoms with E-state index in [-0.39, 0.29) is 5.69 Å². The summed E-state index contributed by atoms with van der Waals surface area (Å²) in [6, 6.07) is 3.17. The molecule has 0 bridgehead atoms. The molecule has 1 spiro atoms. The molecular formula is C17H19ClFN3O3. The van der Waals surface area contributed by atoms with Gasteiger partial charge in [0.2, 0.25) is 5.95 Å². The zero-order valence-electron chi connectivity index (χ0n) is 13.6. The molecule has 0 unspecified atom stereocenters. The van der Waals surface area contributed by atoms with Crippen molar-refractivity contribution >= 4 is 23.2 Å². The van der Waals surface area contributed by atoms with E-state index < -0.39 is 23.6 Å². The molecule has 1 N–H and O–H groups in total. The van der Waals surface area contributed by atoms with Gasteiger partial charge in [0.05, 0.1) is 16.7 Å². The first-order chi connectivity index (χ1) is 12.0. The van der Waals surface area contributed by atoms with Crippen LogP contribution in [0.4, 0.5) is 4.39 Å². The van der Waals surface area contributed by atoms with Gasteiger partial charge in [-0.1, -0.05) is 11.6 Å². The Morgan fingerprint density at radius 3 is 2.88 bits per heavy atom. The highest BCUT2D eigenvalue weighted by atomic mass is 35.5. The molecule has 1 atom stereocenters. The summed E-state index contributed by atoms with van der Waals surface area (Å²) in [6.45, 7) is 1.45. The van der Waals surface area contributed by atoms with Crippen LogP contribution in [-0.2, 0) is 4.74 Å². The molecule has 1 amide bonds. The van der Waals surface area contributed by atoms with Crippen molar-refractivity contribution in [1.82, 2.24) is 14.3 Å². The summed E-state index contributed by atoms with van der Waals surface area (Å²) >= 11 is 5.88. The lowest BCUT2D eigenvalue weighted by Gasteiger charge is -2.46. The monoisotopic (exact) mass is 367 g/mol. The molecule has 4 heterocycles. The zero-order chi connectivity index (χ0) is 17.6. The quantitative estimate of drug-likeness (QED) is 0.839. The molecular weight excluding hydrogens is 349 g/mol. The van der Waals surface area contributed by atoms with E-state index in [4.69, 9.17) is 16.3 Å². The molecule has 2 aliphatic rings. The van der Waals surface area contributed by atoms with Crippen LogP contribution in [0.1, 0.15) is 36.2 Å². The van der Waals surface area contributed by atoms with Gasteiger partial charge in [0.25, 0.3) is 5.91 Å². The standard InChI is InChI=1S/C17H19ClFN3O3/c18-11-3-4-13-20-14(15(19)22(13)10-11)16(24)21-7-5-17(6-8-21)12(23)2-1-9-25-17/h3-4,10,12,23H,1-2,5-9H2/t12-/m0/s1. The molecule has 0 aliphatic carbocycles. The van der Waals surface area contributed by atoms with Gasteiger partial charge in [-0.05, 0) is 37.8 Å². The van der Waals surface area contributed by atoms with Crippen LogP contribution in [0.25, 0.3) is 5.65 Å². The number of aliphatic hydroxyl groups excluding tert-OH is 1. The van der Waals surface area contributed by atoms with Crippen molar-refractivity contribution in [3.8, 4) is 0 Å². The van der Waals surface area contributed by atoms with E-state index in [0.717, 1.165) is 12.8 Å². The first-order valence-corrected chi connectivity index (χ1v) is 8.82. The predicted molar refractivity (Wildman–Crippen MR) is 89.2 cm³/mol. The van der Waals surface area contributed by atoms with E-state index in [0.29, 0.717) is 43.2 Å². The number of carbonyl (C=O) groups is 1. The number of aliphatic hydroxyl groups is 1. The molecule has 134 valence electrons. The van der Waals surface area contributed by atoms with E-state index in [9.17, 15) is 14.3 Å². The molecule has 2 aromatic heterocycles. The topological polar surface area (TPSA) is 67.1 Å². The highest BCUT2D eigenvalue weighted by Gasteiger charge is 2.44. The molecule has 2 aliphatic heterocycles. The number of nitrogens with zero attached hydrogens (tertiary/aromatic N) is 3. The molecule has 25 heavy (non-hydrogen) atoms. The fourth-order valence-corrected chi connectivity index (χ4v) is 3.91. The van der Waals surface area contributed by atoms with Crippen molar-refractivity contribution in [2.45, 2.75) is 37.4 Å². The third kappa shape index (κ3) is 2.80. The van der Waals surface area contributed by atoms with Gasteiger partial charge < -0.3 is 14.7 Å². The number of rotatable bonds is 1. The first kappa shape index (κ1) is 16.8. The van der Waals surface area contributed by atoms with Gasteiger partial charge in [0.1, 0.15) is 5.65 Å². The molecule has 2 aromatic rings. The van der Waals surface area contributed by atoms with Gasteiger partial charge in [-0.3, -0.25) is 9.20 Å². The van der Waals surface area contributed by atoms with Crippen LogP contribution < -0.4 is 0 Å². The highest BCUT2D eigenvalue weighted by Crippen LogP contribution is 2.35. The fourth-order valence-electron chi connectivity index (χ4n) is 3.75. The minimum Gasteiger partial charge on any atom is -0.390 e. The van der Waals surface area contributed by atoms with Crippen LogP contribution in [0.3, 0.4) is 0 Å². The second-order valence-electron chi connectivity index (χ2n) is 6.69. The second-order valence-corrected chi connectivity index (χ2v) is 7.13. The van der Waals surface area contributed by atoms with E-state index >= 15 is 0 Å². The smallest absolute Gasteiger partial charge is 0.277 e. The van der Waals surface area contributed by atoms with E-state index in [1.807, 2.05) is 0 Å². The first-order valence-electron chi connectivity index (χ1n) is 8.45. The number of amides is 1. The van der Waals surface area contributed by atoms with Gasteiger partial charge in [0, 0.05) is 25.9 Å². The number of hydrogen-bond acceptors (Lipinski definition) is 4. The largest absolute Gasteiger partial charge is 0.390 e. The molecule has 0 aromatic carbocycles. The maximum Gasteiger partial charge on any atom is 0.277 e. The highest BCUT2D eigenvalue weighted by molar-refractivity contribution is 6.30. The lowest BCUT2D eigenvalue weighted by molar-refractivity contribution is -0.174. The predicted octanol–water partition coefficient (Wildman–Crippen LogP) is 2.27. The van der Waals surface area contributed by atoms with Crippen molar-refractivity contribution in [2.75, 3.05) is 19.7 Å². The Kier molecular flexibility index (Phi) is 4.17. The number of piperidine rings is 1. The number of halogens is 2. The Morgan fingerprint density at radius 2 is 2.16 bits per heavy atom. The summed E-state index contributed by atoms with van der Waals surface area (Å²) in [5.74, 6) is -1.16. The number of pyridine rings is 1. The molecule has 0 radical (unpaired) electrons.